The summed E-state index contributed by atoms with van der Waals surface area (Å²) in [6.07, 6.45) is 5.70. The fraction of sp³-hybridized carbons (Fsp3) is 0.469. The maximum Gasteiger partial charge on any atom is 0.253 e. The molecule has 1 atom stereocenters. The summed E-state index contributed by atoms with van der Waals surface area (Å²) < 4.78 is 5.97. The van der Waals surface area contributed by atoms with Crippen LogP contribution in [0.4, 0.5) is 23.1 Å². The Hall–Kier alpha value is -3.44. The number of nitrogens with one attached hydrogen (secondary N) is 3. The van der Waals surface area contributed by atoms with Crippen LogP contribution in [0.15, 0.2) is 42.6 Å². The Kier molecular flexibility index (Phi) is 10.3. The van der Waals surface area contributed by atoms with Crippen molar-refractivity contribution in [3.05, 3.63) is 64.3 Å². The molecule has 11 heteroatoms. The van der Waals surface area contributed by atoms with E-state index in [1.807, 2.05) is 38.1 Å². The maximum absolute atomic E-state index is 12.8. The number of piperazine rings is 1. The Morgan fingerprint density at radius 3 is 2.65 bits per heavy atom. The highest BCUT2D eigenvalue weighted by molar-refractivity contribution is 6.33. The lowest BCUT2D eigenvalue weighted by atomic mass is 9.98. The minimum atomic E-state index is -0.178. The molecule has 2 aliphatic rings. The van der Waals surface area contributed by atoms with E-state index in [-0.39, 0.29) is 18.6 Å². The van der Waals surface area contributed by atoms with Gasteiger partial charge in [0.2, 0.25) is 5.95 Å². The Labute approximate surface area is 258 Å². The Morgan fingerprint density at radius 2 is 1.91 bits per heavy atom. The van der Waals surface area contributed by atoms with Crippen LogP contribution in [0, 0.1) is 0 Å². The number of fused-ring (bicyclic) bond motifs is 1. The number of β-amino-alcohol motifs (C(OH)–C–C–N with tert-alkyl or cyclic N) is 1. The van der Waals surface area contributed by atoms with Gasteiger partial charge in [-0.1, -0.05) is 29.8 Å². The van der Waals surface area contributed by atoms with Gasteiger partial charge in [-0.25, -0.2) is 4.98 Å². The summed E-state index contributed by atoms with van der Waals surface area (Å²) in [5.41, 5.74) is 4.43. The second kappa shape index (κ2) is 14.4. The van der Waals surface area contributed by atoms with E-state index < -0.39 is 0 Å². The molecule has 3 aromatic rings. The van der Waals surface area contributed by atoms with Crippen LogP contribution in [0.3, 0.4) is 0 Å². The lowest BCUT2D eigenvalue weighted by Crippen LogP contribution is -2.51. The second-order valence-corrected chi connectivity index (χ2v) is 11.9. The van der Waals surface area contributed by atoms with Gasteiger partial charge in [0.25, 0.3) is 5.91 Å². The monoisotopic (exact) mass is 607 g/mol. The number of nitrogens with zero attached hydrogens (tertiary/aromatic N) is 4. The third-order valence-corrected chi connectivity index (χ3v) is 8.43. The summed E-state index contributed by atoms with van der Waals surface area (Å²) in [4.78, 5) is 26.8. The summed E-state index contributed by atoms with van der Waals surface area (Å²) in [5.74, 6) is 1.39. The van der Waals surface area contributed by atoms with E-state index in [0.29, 0.717) is 34.1 Å². The minimum Gasteiger partial charge on any atom is -0.494 e. The molecule has 10 nitrogen and oxygen atoms in total. The summed E-state index contributed by atoms with van der Waals surface area (Å²) >= 11 is 6.48. The summed E-state index contributed by atoms with van der Waals surface area (Å²) in [7, 11) is 1.71. The summed E-state index contributed by atoms with van der Waals surface area (Å²) in [5, 5.41) is 19.1. The number of carbonyl (C=O) groups is 1. The van der Waals surface area contributed by atoms with Crippen LogP contribution in [0.2, 0.25) is 5.02 Å². The van der Waals surface area contributed by atoms with Crippen molar-refractivity contribution >= 4 is 40.6 Å². The van der Waals surface area contributed by atoms with Crippen LogP contribution < -0.4 is 20.7 Å². The maximum atomic E-state index is 12.8. The van der Waals surface area contributed by atoms with Crippen LogP contribution in [0.5, 0.6) is 5.75 Å². The molecule has 43 heavy (non-hydrogen) atoms. The van der Waals surface area contributed by atoms with Gasteiger partial charge >= 0.3 is 0 Å². The van der Waals surface area contributed by atoms with Crippen molar-refractivity contribution in [1.29, 1.82) is 0 Å². The smallest absolute Gasteiger partial charge is 0.253 e. The third kappa shape index (κ3) is 7.56. The first-order chi connectivity index (χ1) is 20.9. The van der Waals surface area contributed by atoms with E-state index in [1.54, 1.807) is 13.2 Å². The number of methoxy groups -OCH3 is 1. The normalized spacial score (nSPS) is 17.7. The number of amides is 1. The predicted octanol–water partition coefficient (Wildman–Crippen LogP) is 4.62. The van der Waals surface area contributed by atoms with E-state index in [4.69, 9.17) is 16.3 Å². The lowest BCUT2D eigenvalue weighted by Gasteiger charge is -2.39. The highest BCUT2D eigenvalue weighted by atomic mass is 35.5. The van der Waals surface area contributed by atoms with Crippen molar-refractivity contribution in [3.63, 3.8) is 0 Å². The molecule has 4 N–H and O–H groups in total. The van der Waals surface area contributed by atoms with E-state index in [0.717, 1.165) is 69.8 Å². The number of aliphatic hydroxyl groups excluding tert-OH is 1. The zero-order valence-corrected chi connectivity index (χ0v) is 26.0. The largest absolute Gasteiger partial charge is 0.494 e. The van der Waals surface area contributed by atoms with Gasteiger partial charge in [0.1, 0.15) is 10.8 Å². The van der Waals surface area contributed by atoms with Crippen molar-refractivity contribution < 1.29 is 14.6 Å². The van der Waals surface area contributed by atoms with Gasteiger partial charge in [-0.2, -0.15) is 4.98 Å². The molecule has 5 rings (SSSR count). The summed E-state index contributed by atoms with van der Waals surface area (Å²) in [6.45, 7) is 8.90. The molecular weight excluding hydrogens is 566 g/mol. The molecule has 1 fully saturated rings. The molecule has 1 amide bonds. The van der Waals surface area contributed by atoms with E-state index >= 15 is 0 Å². The van der Waals surface area contributed by atoms with Crippen molar-refractivity contribution in [2.24, 2.45) is 0 Å². The Bertz CT molecular complexity index is 1410. The molecule has 0 radical (unpaired) electrons. The lowest BCUT2D eigenvalue weighted by molar-refractivity contribution is 0.0805. The fourth-order valence-electron chi connectivity index (χ4n) is 6.03. The first-order valence-corrected chi connectivity index (χ1v) is 15.5. The number of anilines is 4. The number of carbonyl (C=O) groups excluding carboxylic acids is 1. The van der Waals surface area contributed by atoms with Crippen molar-refractivity contribution in [1.82, 2.24) is 25.1 Å². The number of rotatable bonds is 10. The molecule has 2 heterocycles. The molecule has 230 valence electrons. The number of para-hydroxylation sites is 1. The molecule has 1 aliphatic heterocycles. The average Bonchev–Trinajstić information content (AvgIpc) is 3.22. The zero-order valence-electron chi connectivity index (χ0n) is 25.2. The molecule has 0 saturated carbocycles. The number of ether oxygens (including phenoxy) is 1. The predicted molar refractivity (Wildman–Crippen MR) is 171 cm³/mol. The molecule has 1 aliphatic carbocycles. The number of hydrogen-bond donors (Lipinski definition) is 4. The van der Waals surface area contributed by atoms with Gasteiger partial charge in [0.15, 0.2) is 5.82 Å². The number of benzene rings is 2. The van der Waals surface area contributed by atoms with Crippen LogP contribution in [-0.2, 0) is 12.8 Å². The van der Waals surface area contributed by atoms with Gasteiger partial charge < -0.3 is 25.8 Å². The average molecular weight is 608 g/mol. The summed E-state index contributed by atoms with van der Waals surface area (Å²) in [6, 6.07) is 12.0. The number of hydrogen-bond acceptors (Lipinski definition) is 9. The first-order valence-electron chi connectivity index (χ1n) is 15.1. The molecule has 0 spiro atoms. The van der Waals surface area contributed by atoms with Crippen molar-refractivity contribution in [2.75, 3.05) is 57.1 Å². The topological polar surface area (TPSA) is 115 Å². The molecule has 1 saturated heterocycles. The van der Waals surface area contributed by atoms with Crippen LogP contribution in [0.25, 0.3) is 0 Å². The third-order valence-electron chi connectivity index (χ3n) is 8.16. The van der Waals surface area contributed by atoms with Gasteiger partial charge in [-0.05, 0) is 68.9 Å². The van der Waals surface area contributed by atoms with E-state index in [9.17, 15) is 9.90 Å². The van der Waals surface area contributed by atoms with Gasteiger partial charge in [0, 0.05) is 44.8 Å². The minimum absolute atomic E-state index is 0.00823. The van der Waals surface area contributed by atoms with Crippen LogP contribution in [-0.4, -0.2) is 89.3 Å². The number of halogens is 1. The molecule has 1 aromatic heterocycles. The molecule has 0 bridgehead atoms. The standard InChI is InChI=1S/C32H42ClN7O3/c1-21(2)35-31(42)25-8-4-5-10-27(25)36-30-26(33)20-34-32(38-30)37-28-12-11-22-19-23(7-6-9-24(22)29(28)43-3)40-15-13-39(14-16-40)17-18-41/h4-5,8,10-12,20-21,23,41H,6-7,9,13-19H2,1-3H3,(H,35,42)(H2,34,36,37,38). The quantitative estimate of drug-likeness (QED) is 0.245. The van der Waals surface area contributed by atoms with Gasteiger partial charge in [0.05, 0.1) is 36.9 Å². The Balaban J connectivity index is 1.33. The molecular formula is C32H42ClN7O3. The van der Waals surface area contributed by atoms with Crippen molar-refractivity contribution in [3.8, 4) is 5.75 Å². The van der Waals surface area contributed by atoms with Gasteiger partial charge in [-0.15, -0.1) is 0 Å². The number of aliphatic hydroxyl groups is 1. The molecule has 2 aromatic carbocycles. The zero-order chi connectivity index (χ0) is 30.3. The second-order valence-electron chi connectivity index (χ2n) is 11.4. The van der Waals surface area contributed by atoms with Crippen LogP contribution >= 0.6 is 11.6 Å². The van der Waals surface area contributed by atoms with E-state index in [2.05, 4.69) is 41.8 Å². The van der Waals surface area contributed by atoms with Gasteiger partial charge in [-0.3, -0.25) is 14.6 Å². The molecule has 1 unspecified atom stereocenters. The Morgan fingerprint density at radius 1 is 1.12 bits per heavy atom. The van der Waals surface area contributed by atoms with Crippen LogP contribution in [0.1, 0.15) is 48.2 Å². The van der Waals surface area contributed by atoms with Crippen molar-refractivity contribution in [2.45, 2.75) is 51.6 Å². The fourth-order valence-corrected chi connectivity index (χ4v) is 6.17. The van der Waals surface area contributed by atoms with E-state index in [1.165, 1.54) is 17.3 Å². The SMILES string of the molecule is COc1c(Nc2ncc(Cl)c(Nc3ccccc3C(=O)NC(C)C)n2)ccc2c1CCCC(N1CCN(CCO)CC1)C2. The highest BCUT2D eigenvalue weighted by Gasteiger charge is 2.28. The highest BCUT2D eigenvalue weighted by Crippen LogP contribution is 2.38. The number of aromatic nitrogens is 2. The first kappa shape index (κ1) is 31.0.